The molecule has 0 spiro atoms. The van der Waals surface area contributed by atoms with Crippen LogP contribution in [0.2, 0.25) is 0 Å². The van der Waals surface area contributed by atoms with E-state index in [4.69, 9.17) is 0 Å². The summed E-state index contributed by atoms with van der Waals surface area (Å²) in [5.41, 5.74) is 5.71. The molecule has 0 aliphatic carbocycles. The number of aryl methyl sites for hydroxylation is 2. The van der Waals surface area contributed by atoms with E-state index >= 15 is 0 Å². The minimum absolute atomic E-state index is 0.199. The van der Waals surface area contributed by atoms with Crippen LogP contribution in [0.1, 0.15) is 5.56 Å². The van der Waals surface area contributed by atoms with E-state index in [0.29, 0.717) is 0 Å². The molecule has 0 amide bonds. The van der Waals surface area contributed by atoms with E-state index in [0.717, 1.165) is 33.5 Å². The fraction of sp³-hybridized carbons (Fsp3) is 0.118. The highest BCUT2D eigenvalue weighted by molar-refractivity contribution is 5.84. The third kappa shape index (κ3) is 2.15. The fourth-order valence-electron chi connectivity index (χ4n) is 2.80. The van der Waals surface area contributed by atoms with E-state index in [9.17, 15) is 5.11 Å². The van der Waals surface area contributed by atoms with Crippen LogP contribution in [0.25, 0.3) is 28.0 Å². The molecular formula is C17H15N5O. The molecule has 0 aliphatic rings. The number of hydrogen-bond acceptors (Lipinski definition) is 4. The van der Waals surface area contributed by atoms with Crippen LogP contribution in [0.3, 0.4) is 0 Å². The predicted octanol–water partition coefficient (Wildman–Crippen LogP) is 2.84. The van der Waals surface area contributed by atoms with E-state index < -0.39 is 0 Å². The minimum atomic E-state index is 0.199. The summed E-state index contributed by atoms with van der Waals surface area (Å²) in [5, 5.41) is 22.4. The average molecular weight is 305 g/mol. The lowest BCUT2D eigenvalue weighted by Crippen LogP contribution is -1.98. The molecule has 2 heterocycles. The lowest BCUT2D eigenvalue weighted by atomic mass is 10.0. The van der Waals surface area contributed by atoms with Crippen LogP contribution in [0.4, 0.5) is 0 Å². The average Bonchev–Trinajstić information content (AvgIpc) is 3.12. The van der Waals surface area contributed by atoms with Crippen LogP contribution >= 0.6 is 0 Å². The van der Waals surface area contributed by atoms with Crippen LogP contribution in [-0.4, -0.2) is 29.9 Å². The Balaban J connectivity index is 1.97. The van der Waals surface area contributed by atoms with Gasteiger partial charge >= 0.3 is 0 Å². The Labute approximate surface area is 132 Å². The van der Waals surface area contributed by atoms with Gasteiger partial charge in [0, 0.05) is 24.9 Å². The van der Waals surface area contributed by atoms with Crippen molar-refractivity contribution >= 4 is 11.0 Å². The van der Waals surface area contributed by atoms with Crippen LogP contribution in [-0.2, 0) is 7.05 Å². The monoisotopic (exact) mass is 305 g/mol. The van der Waals surface area contributed by atoms with Crippen molar-refractivity contribution in [2.45, 2.75) is 6.92 Å². The Bertz CT molecular complexity index is 1010. The minimum Gasteiger partial charge on any atom is -0.508 e. The second-order valence-corrected chi connectivity index (χ2v) is 5.52. The van der Waals surface area contributed by atoms with Crippen LogP contribution in [0.15, 0.2) is 48.7 Å². The summed E-state index contributed by atoms with van der Waals surface area (Å²) in [5.74, 6) is 0.199. The Kier molecular flexibility index (Phi) is 2.90. The molecule has 0 saturated carbocycles. The number of aromatic nitrogens is 5. The van der Waals surface area contributed by atoms with E-state index in [1.165, 1.54) is 0 Å². The van der Waals surface area contributed by atoms with Crippen molar-refractivity contribution in [1.29, 1.82) is 0 Å². The largest absolute Gasteiger partial charge is 0.508 e. The Hall–Kier alpha value is -3.15. The predicted molar refractivity (Wildman–Crippen MR) is 87.5 cm³/mol. The lowest BCUT2D eigenvalue weighted by Gasteiger charge is -2.08. The maximum atomic E-state index is 9.70. The van der Waals surface area contributed by atoms with Crippen molar-refractivity contribution in [3.8, 4) is 22.7 Å². The SMILES string of the molecule is Cc1cc2nnn(-c3cccc(O)c3)c2cc1-c1ccnn1C. The molecule has 23 heavy (non-hydrogen) atoms. The van der Waals surface area contributed by atoms with Gasteiger partial charge in [-0.3, -0.25) is 4.68 Å². The molecular weight excluding hydrogens is 290 g/mol. The Morgan fingerprint density at radius 2 is 1.96 bits per heavy atom. The van der Waals surface area contributed by atoms with Gasteiger partial charge in [0.1, 0.15) is 11.3 Å². The molecule has 0 radical (unpaired) electrons. The van der Waals surface area contributed by atoms with Gasteiger partial charge in [0.15, 0.2) is 0 Å². The summed E-state index contributed by atoms with van der Waals surface area (Å²) < 4.78 is 3.57. The lowest BCUT2D eigenvalue weighted by molar-refractivity contribution is 0.475. The summed E-state index contributed by atoms with van der Waals surface area (Å²) in [7, 11) is 1.92. The molecule has 6 heteroatoms. The standard InChI is InChI=1S/C17H15N5O/c1-11-8-15-17(10-14(11)16-6-7-18-21(16)2)22(20-19-15)12-4-3-5-13(23)9-12/h3-10,23H,1-2H3. The Morgan fingerprint density at radius 1 is 1.09 bits per heavy atom. The van der Waals surface area contributed by atoms with Gasteiger partial charge in [-0.1, -0.05) is 11.3 Å². The number of phenols is 1. The van der Waals surface area contributed by atoms with Crippen molar-refractivity contribution in [2.75, 3.05) is 0 Å². The van der Waals surface area contributed by atoms with Crippen molar-refractivity contribution in [1.82, 2.24) is 24.8 Å². The van der Waals surface area contributed by atoms with E-state index in [2.05, 4.69) is 28.4 Å². The quantitative estimate of drug-likeness (QED) is 0.618. The maximum absolute atomic E-state index is 9.70. The first-order valence-electron chi connectivity index (χ1n) is 7.27. The first-order chi connectivity index (χ1) is 11.1. The van der Waals surface area contributed by atoms with Crippen molar-refractivity contribution in [2.24, 2.45) is 7.05 Å². The van der Waals surface area contributed by atoms with E-state index in [1.54, 1.807) is 29.1 Å². The zero-order valence-corrected chi connectivity index (χ0v) is 12.8. The highest BCUT2D eigenvalue weighted by Crippen LogP contribution is 2.28. The maximum Gasteiger partial charge on any atom is 0.117 e. The summed E-state index contributed by atoms with van der Waals surface area (Å²) in [4.78, 5) is 0. The molecule has 0 aliphatic heterocycles. The van der Waals surface area contributed by atoms with E-state index in [1.807, 2.05) is 29.9 Å². The second kappa shape index (κ2) is 4.95. The topological polar surface area (TPSA) is 68.8 Å². The highest BCUT2D eigenvalue weighted by Gasteiger charge is 2.13. The van der Waals surface area contributed by atoms with Gasteiger partial charge in [0.25, 0.3) is 0 Å². The van der Waals surface area contributed by atoms with E-state index in [-0.39, 0.29) is 5.75 Å². The van der Waals surface area contributed by atoms with Gasteiger partial charge in [-0.15, -0.1) is 5.10 Å². The summed E-state index contributed by atoms with van der Waals surface area (Å²) >= 11 is 0. The number of hydrogen-bond donors (Lipinski definition) is 1. The van der Waals surface area contributed by atoms with Crippen molar-refractivity contribution in [3.63, 3.8) is 0 Å². The molecule has 2 aromatic carbocycles. The molecule has 1 N–H and O–H groups in total. The van der Waals surface area contributed by atoms with Gasteiger partial charge in [-0.25, -0.2) is 4.68 Å². The van der Waals surface area contributed by atoms with Crippen LogP contribution < -0.4 is 0 Å². The zero-order valence-electron chi connectivity index (χ0n) is 12.8. The molecule has 114 valence electrons. The fourth-order valence-corrected chi connectivity index (χ4v) is 2.80. The number of benzene rings is 2. The Morgan fingerprint density at radius 3 is 2.70 bits per heavy atom. The molecule has 0 unspecified atom stereocenters. The van der Waals surface area contributed by atoms with Crippen molar-refractivity contribution in [3.05, 3.63) is 54.2 Å². The molecule has 6 nitrogen and oxygen atoms in total. The van der Waals surface area contributed by atoms with Gasteiger partial charge in [0.2, 0.25) is 0 Å². The van der Waals surface area contributed by atoms with Gasteiger partial charge in [-0.2, -0.15) is 5.10 Å². The molecule has 0 atom stereocenters. The third-order valence-corrected chi connectivity index (χ3v) is 3.96. The normalized spacial score (nSPS) is 11.2. The number of aromatic hydroxyl groups is 1. The number of rotatable bonds is 2. The van der Waals surface area contributed by atoms with Gasteiger partial charge in [0.05, 0.1) is 16.9 Å². The highest BCUT2D eigenvalue weighted by atomic mass is 16.3. The molecule has 0 fully saturated rings. The number of nitrogens with zero attached hydrogens (tertiary/aromatic N) is 5. The van der Waals surface area contributed by atoms with Crippen LogP contribution in [0, 0.1) is 6.92 Å². The summed E-state index contributed by atoms with van der Waals surface area (Å²) in [6, 6.07) is 13.0. The van der Waals surface area contributed by atoms with Gasteiger partial charge < -0.3 is 5.11 Å². The first kappa shape index (κ1) is 13.5. The van der Waals surface area contributed by atoms with Crippen molar-refractivity contribution < 1.29 is 5.11 Å². The zero-order chi connectivity index (χ0) is 16.0. The first-order valence-corrected chi connectivity index (χ1v) is 7.27. The molecule has 4 aromatic rings. The number of fused-ring (bicyclic) bond motifs is 1. The third-order valence-electron chi connectivity index (χ3n) is 3.96. The van der Waals surface area contributed by atoms with Gasteiger partial charge in [-0.05, 0) is 42.8 Å². The molecule has 2 aromatic heterocycles. The molecule has 0 saturated heterocycles. The van der Waals surface area contributed by atoms with Crippen LogP contribution in [0.5, 0.6) is 5.75 Å². The number of phenolic OH excluding ortho intramolecular Hbond substituents is 1. The summed E-state index contributed by atoms with van der Waals surface area (Å²) in [6.07, 6.45) is 1.78. The summed E-state index contributed by atoms with van der Waals surface area (Å²) in [6.45, 7) is 2.05. The molecule has 4 rings (SSSR count). The molecule has 0 bridgehead atoms. The smallest absolute Gasteiger partial charge is 0.117 e. The second-order valence-electron chi connectivity index (χ2n) is 5.52.